The van der Waals surface area contributed by atoms with Crippen LogP contribution in [0.4, 0.5) is 0 Å². The zero-order valence-corrected chi connectivity index (χ0v) is 17.3. The number of carbonyl (C=O) groups excluding carboxylic acids is 2. The minimum absolute atomic E-state index is 0.0565. The minimum Gasteiger partial charge on any atom is -0.469 e. The molecule has 28 heavy (non-hydrogen) atoms. The van der Waals surface area contributed by atoms with E-state index in [0.29, 0.717) is 17.2 Å². The Morgan fingerprint density at radius 1 is 1.18 bits per heavy atom. The Kier molecular flexibility index (Phi) is 6.78. The van der Waals surface area contributed by atoms with Gasteiger partial charge in [0, 0.05) is 21.6 Å². The van der Waals surface area contributed by atoms with Gasteiger partial charge in [-0.3, -0.25) is 9.59 Å². The van der Waals surface area contributed by atoms with Gasteiger partial charge in [0.05, 0.1) is 25.1 Å². The first-order chi connectivity index (χ1) is 13.5. The molecule has 0 radical (unpaired) electrons. The van der Waals surface area contributed by atoms with Gasteiger partial charge in [0.25, 0.3) is 5.91 Å². The first kappa shape index (κ1) is 20.0. The zero-order valence-electron chi connectivity index (χ0n) is 14.9. The molecule has 0 saturated carbocycles. The summed E-state index contributed by atoms with van der Waals surface area (Å²) in [5.41, 5.74) is 0.370. The smallest absolute Gasteiger partial charge is 0.307 e. The van der Waals surface area contributed by atoms with Crippen molar-refractivity contribution in [3.05, 3.63) is 75.0 Å². The predicted octanol–water partition coefficient (Wildman–Crippen LogP) is 4.73. The minimum atomic E-state index is -0.460. The van der Waals surface area contributed by atoms with Crippen LogP contribution in [0.1, 0.15) is 27.7 Å². The third kappa shape index (κ3) is 5.40. The first-order valence-corrected chi connectivity index (χ1v) is 10.0. The summed E-state index contributed by atoms with van der Waals surface area (Å²) in [5.74, 6) is 0.298. The van der Waals surface area contributed by atoms with E-state index in [1.54, 1.807) is 12.1 Å². The highest BCUT2D eigenvalue weighted by molar-refractivity contribution is 9.10. The molecule has 3 aromatic rings. The Balaban J connectivity index is 1.67. The van der Waals surface area contributed by atoms with E-state index in [9.17, 15) is 9.59 Å². The van der Waals surface area contributed by atoms with Crippen molar-refractivity contribution in [1.82, 2.24) is 10.3 Å². The van der Waals surface area contributed by atoms with Gasteiger partial charge in [-0.1, -0.05) is 22.0 Å². The zero-order chi connectivity index (χ0) is 19.9. The molecule has 1 amide bonds. The standard InChI is InChI=1S/C20H17BrN2O4S/c1-26-19(24)11-16(17-3-2-10-28-17)23-20(25)13-4-9-18(22-12-13)27-15-7-5-14(21)6-8-15/h2-10,12,16H,11H2,1H3,(H,23,25). The molecule has 1 atom stereocenters. The molecule has 1 unspecified atom stereocenters. The fraction of sp³-hybridized carbons (Fsp3) is 0.150. The number of halogens is 1. The molecular weight excluding hydrogens is 444 g/mol. The number of aromatic nitrogens is 1. The fourth-order valence-electron chi connectivity index (χ4n) is 2.40. The van der Waals surface area contributed by atoms with E-state index in [4.69, 9.17) is 9.47 Å². The summed E-state index contributed by atoms with van der Waals surface area (Å²) in [7, 11) is 1.32. The molecular formula is C20H17BrN2O4S. The molecule has 0 saturated heterocycles. The Morgan fingerprint density at radius 2 is 1.96 bits per heavy atom. The lowest BCUT2D eigenvalue weighted by Crippen LogP contribution is -2.30. The molecule has 0 aliphatic heterocycles. The van der Waals surface area contributed by atoms with E-state index in [1.807, 2.05) is 41.8 Å². The quantitative estimate of drug-likeness (QED) is 0.515. The number of hydrogen-bond donors (Lipinski definition) is 1. The van der Waals surface area contributed by atoms with Crippen LogP contribution >= 0.6 is 27.3 Å². The SMILES string of the molecule is COC(=O)CC(NC(=O)c1ccc(Oc2ccc(Br)cc2)nc1)c1cccs1. The van der Waals surface area contributed by atoms with Crippen molar-refractivity contribution in [1.29, 1.82) is 0 Å². The Bertz CT molecular complexity index is 928. The maximum Gasteiger partial charge on any atom is 0.307 e. The van der Waals surface area contributed by atoms with Gasteiger partial charge in [0.15, 0.2) is 0 Å². The number of nitrogens with one attached hydrogen (secondary N) is 1. The lowest BCUT2D eigenvalue weighted by Gasteiger charge is -2.16. The van der Waals surface area contributed by atoms with Crippen molar-refractivity contribution in [2.24, 2.45) is 0 Å². The van der Waals surface area contributed by atoms with Gasteiger partial charge in [0.1, 0.15) is 5.75 Å². The third-order valence-corrected chi connectivity index (χ3v) is 5.34. The van der Waals surface area contributed by atoms with Crippen LogP contribution in [0.25, 0.3) is 0 Å². The molecule has 6 nitrogen and oxygen atoms in total. The van der Waals surface area contributed by atoms with Crippen LogP contribution in [-0.4, -0.2) is 24.0 Å². The van der Waals surface area contributed by atoms with Crippen LogP contribution in [0.15, 0.2) is 64.6 Å². The fourth-order valence-corrected chi connectivity index (χ4v) is 3.44. The molecule has 0 spiro atoms. The molecule has 144 valence electrons. The number of esters is 1. The Hall–Kier alpha value is -2.71. The lowest BCUT2D eigenvalue weighted by atomic mass is 10.1. The number of thiophene rings is 1. The van der Waals surface area contributed by atoms with Crippen molar-refractivity contribution < 1.29 is 19.1 Å². The van der Waals surface area contributed by atoms with E-state index in [-0.39, 0.29) is 12.3 Å². The van der Waals surface area contributed by atoms with Gasteiger partial charge in [-0.15, -0.1) is 11.3 Å². The molecule has 8 heteroatoms. The second-order valence-electron chi connectivity index (χ2n) is 5.76. The number of amides is 1. The van der Waals surface area contributed by atoms with Crippen LogP contribution < -0.4 is 10.1 Å². The molecule has 3 rings (SSSR count). The summed E-state index contributed by atoms with van der Waals surface area (Å²) in [6.07, 6.45) is 1.49. The van der Waals surface area contributed by atoms with Gasteiger partial charge in [0.2, 0.25) is 5.88 Å². The molecule has 2 heterocycles. The average Bonchev–Trinajstić information content (AvgIpc) is 3.24. The highest BCUT2D eigenvalue weighted by Gasteiger charge is 2.20. The van der Waals surface area contributed by atoms with Crippen molar-refractivity contribution in [3.63, 3.8) is 0 Å². The van der Waals surface area contributed by atoms with E-state index in [1.165, 1.54) is 24.6 Å². The monoisotopic (exact) mass is 460 g/mol. The van der Waals surface area contributed by atoms with E-state index < -0.39 is 12.0 Å². The number of methoxy groups -OCH3 is 1. The topological polar surface area (TPSA) is 77.5 Å². The summed E-state index contributed by atoms with van der Waals surface area (Å²) in [4.78, 5) is 29.3. The summed E-state index contributed by atoms with van der Waals surface area (Å²) in [5, 5.41) is 4.75. The van der Waals surface area contributed by atoms with Crippen LogP contribution in [0, 0.1) is 0 Å². The van der Waals surface area contributed by atoms with Crippen LogP contribution in [0.5, 0.6) is 11.6 Å². The van der Waals surface area contributed by atoms with Crippen molar-refractivity contribution in [3.8, 4) is 11.6 Å². The number of hydrogen-bond acceptors (Lipinski definition) is 6. The van der Waals surface area contributed by atoms with Crippen LogP contribution in [0.2, 0.25) is 0 Å². The number of nitrogens with zero attached hydrogens (tertiary/aromatic N) is 1. The van der Waals surface area contributed by atoms with Gasteiger partial charge in [-0.05, 0) is 41.8 Å². The molecule has 1 aromatic carbocycles. The Morgan fingerprint density at radius 3 is 2.57 bits per heavy atom. The summed E-state index contributed by atoms with van der Waals surface area (Å²) >= 11 is 4.83. The van der Waals surface area contributed by atoms with Crippen molar-refractivity contribution in [2.45, 2.75) is 12.5 Å². The second-order valence-corrected chi connectivity index (χ2v) is 7.66. The third-order valence-electron chi connectivity index (χ3n) is 3.83. The number of benzene rings is 1. The van der Waals surface area contributed by atoms with Crippen LogP contribution in [0.3, 0.4) is 0 Å². The number of pyridine rings is 1. The summed E-state index contributed by atoms with van der Waals surface area (Å²) in [6.45, 7) is 0. The molecule has 0 aliphatic rings. The van der Waals surface area contributed by atoms with Crippen LogP contribution in [-0.2, 0) is 9.53 Å². The van der Waals surface area contributed by atoms with E-state index in [2.05, 4.69) is 26.2 Å². The summed E-state index contributed by atoms with van der Waals surface area (Å²) < 4.78 is 11.3. The van der Waals surface area contributed by atoms with Crippen molar-refractivity contribution >= 4 is 39.1 Å². The normalized spacial score (nSPS) is 11.5. The molecule has 0 fully saturated rings. The maximum atomic E-state index is 12.6. The highest BCUT2D eigenvalue weighted by Crippen LogP contribution is 2.24. The second kappa shape index (κ2) is 9.48. The maximum absolute atomic E-state index is 12.6. The lowest BCUT2D eigenvalue weighted by molar-refractivity contribution is -0.141. The highest BCUT2D eigenvalue weighted by atomic mass is 79.9. The van der Waals surface area contributed by atoms with E-state index >= 15 is 0 Å². The van der Waals surface area contributed by atoms with Crippen molar-refractivity contribution in [2.75, 3.05) is 7.11 Å². The first-order valence-electron chi connectivity index (χ1n) is 8.35. The molecule has 1 N–H and O–H groups in total. The Labute approximate surface area is 174 Å². The van der Waals surface area contributed by atoms with Gasteiger partial charge in [-0.25, -0.2) is 4.98 Å². The number of carbonyl (C=O) groups is 2. The largest absolute Gasteiger partial charge is 0.469 e. The number of ether oxygens (including phenoxy) is 2. The predicted molar refractivity (Wildman–Crippen MR) is 110 cm³/mol. The average molecular weight is 461 g/mol. The summed E-state index contributed by atoms with van der Waals surface area (Å²) in [6, 6.07) is 13.9. The van der Waals surface area contributed by atoms with Gasteiger partial charge < -0.3 is 14.8 Å². The number of rotatable bonds is 7. The molecule has 0 bridgehead atoms. The molecule has 0 aliphatic carbocycles. The molecule has 2 aromatic heterocycles. The van der Waals surface area contributed by atoms with Gasteiger partial charge >= 0.3 is 5.97 Å². The van der Waals surface area contributed by atoms with E-state index in [0.717, 1.165) is 9.35 Å². The van der Waals surface area contributed by atoms with Gasteiger partial charge in [-0.2, -0.15) is 0 Å².